The van der Waals surface area contributed by atoms with Crippen LogP contribution in [0.15, 0.2) is 91.0 Å². The summed E-state index contributed by atoms with van der Waals surface area (Å²) in [5, 5.41) is 315. The van der Waals surface area contributed by atoms with Crippen molar-refractivity contribution in [2.24, 2.45) is 0 Å². The van der Waals surface area contributed by atoms with Gasteiger partial charge in [0, 0.05) is 34.4 Å². The molecule has 29 N–H and O–H groups in total. The van der Waals surface area contributed by atoms with E-state index in [1.54, 1.807) is 0 Å². The Morgan fingerprint density at radius 2 is 0.485 bits per heavy atom. The first kappa shape index (κ1) is 91.0. The topological polar surface area (TPSA) is 877 Å². The van der Waals surface area contributed by atoms with E-state index < -0.39 is 390 Å². The number of carbonyl (C=O) groups is 10. The smallest absolute Gasteiger partial charge is 0.344 e. The second kappa shape index (κ2) is 34.2. The highest BCUT2D eigenvalue weighted by molar-refractivity contribution is 6.11. The normalized spacial score (nSPS) is 19.1. The van der Waals surface area contributed by atoms with Gasteiger partial charge in [0.1, 0.15) is 31.0 Å². The van der Waals surface area contributed by atoms with E-state index in [1.165, 1.54) is 0 Å². The molecule has 14 rings (SSSR count). The fourth-order valence-electron chi connectivity index (χ4n) is 13.9. The molecule has 0 bridgehead atoms. The number of hydrogen-bond acceptors (Lipinski definition) is 52. The van der Waals surface area contributed by atoms with Gasteiger partial charge in [-0.25, -0.2) is 47.9 Å². The van der Waals surface area contributed by atoms with Crippen LogP contribution in [0.2, 0.25) is 0 Å². The van der Waals surface area contributed by atoms with Gasteiger partial charge in [-0.1, -0.05) is 0 Å². The number of cyclic esters (lactones) is 2. The average molecular weight is 1880 g/mol. The third-order valence-electron chi connectivity index (χ3n) is 20.4. The zero-order valence-electron chi connectivity index (χ0n) is 65.7. The van der Waals surface area contributed by atoms with Crippen LogP contribution in [0.4, 0.5) is 0 Å². The first-order chi connectivity index (χ1) is 63.0. The Morgan fingerprint density at radius 1 is 0.246 bits per heavy atom. The van der Waals surface area contributed by atoms with Crippen molar-refractivity contribution >= 4 is 59.7 Å². The molecule has 10 aromatic rings. The van der Waals surface area contributed by atoms with Crippen molar-refractivity contribution in [3.63, 3.8) is 0 Å². The molecule has 10 aromatic carbocycles. The summed E-state index contributed by atoms with van der Waals surface area (Å²) in [5.74, 6) is -65.9. The van der Waals surface area contributed by atoms with Crippen LogP contribution in [0.25, 0.3) is 22.3 Å². The Bertz CT molecular complexity index is 6630. The highest BCUT2D eigenvalue weighted by Crippen LogP contribution is 2.58. The van der Waals surface area contributed by atoms with Gasteiger partial charge in [-0.3, -0.25) is 0 Å². The maximum Gasteiger partial charge on any atom is 0.344 e. The van der Waals surface area contributed by atoms with Gasteiger partial charge in [0.15, 0.2) is 168 Å². The average Bonchev–Trinajstić information content (AvgIpc) is 1.18. The lowest BCUT2D eigenvalue weighted by molar-refractivity contribution is -0.282. The lowest BCUT2D eigenvalue weighted by atomic mass is 9.91. The van der Waals surface area contributed by atoms with Crippen LogP contribution in [-0.2, 0) is 56.8 Å². The van der Waals surface area contributed by atoms with Crippen molar-refractivity contribution in [2.75, 3.05) is 13.2 Å². The van der Waals surface area contributed by atoms with Gasteiger partial charge >= 0.3 is 59.7 Å². The van der Waals surface area contributed by atoms with Crippen LogP contribution in [0.5, 0.6) is 178 Å². The number of phenols is 29. The van der Waals surface area contributed by atoms with Crippen LogP contribution in [0.3, 0.4) is 0 Å². The molecule has 0 radical (unpaired) electrons. The number of aromatic hydroxyl groups is 29. The quantitative estimate of drug-likeness (QED) is 0.0419. The van der Waals surface area contributed by atoms with Crippen molar-refractivity contribution in [1.29, 1.82) is 0 Å². The number of rotatable bonds is 14. The molecule has 10 atom stereocenters. The lowest BCUT2D eigenvalue weighted by Gasteiger charge is -2.43. The van der Waals surface area contributed by atoms with Gasteiger partial charge in [-0.2, -0.15) is 0 Å². The van der Waals surface area contributed by atoms with Crippen molar-refractivity contribution in [3.8, 4) is 200 Å². The Morgan fingerprint density at radius 3 is 0.791 bits per heavy atom. The summed E-state index contributed by atoms with van der Waals surface area (Å²) in [7, 11) is 0. The SMILES string of the molecule is O=C(OC1O[C@@H]2COC(=O)c3cc(Oc4c(C(=O)O[C@@H]5O[C@@H]6COC(=O)c7cc(O)c(O)c(O)c7-c7c(cc(O)c(O)c7O)C(=O)O[C@H]6[C@H](OC(=O)c6cc(O)c(O)c(O)c6)[C@H]5OC(=O)c5cc(O)c(O)c(O)c5)cc(O)c(O)c4O)c(O)c(O)c3-c3c(cc(O)c(O)c3O)C(=O)O[C@H]2C(OC(=O)c2cc(O)c(O)c(O)c2)[C@H]1OC(=O)c1cc(O)c(O)c(O)c1)c1cc(O)c(O)c(O)c1. The largest absolute Gasteiger partial charge is 0.504 e. The third-order valence-corrected chi connectivity index (χ3v) is 20.4. The van der Waals surface area contributed by atoms with Gasteiger partial charge < -0.3 is 210 Å². The number of carbonyl (C=O) groups excluding carboxylic acids is 10. The summed E-state index contributed by atoms with van der Waals surface area (Å²) in [6.45, 7) is -3.27. The molecule has 4 heterocycles. The van der Waals surface area contributed by atoms with E-state index in [0.29, 0.717) is 66.7 Å². The zero-order chi connectivity index (χ0) is 97.7. The van der Waals surface area contributed by atoms with E-state index in [-0.39, 0.29) is 24.3 Å². The standard InChI is InChI=1S/C82H58O52/c83-28-1-18(2-29(84)49(28)97)71(112)129-67-65-43(125-81(133-75(116)22-9-36(91)53(101)37(92)10-22)69(67)131-73(114)20-5-32(87)51(99)33(88)6-20)17-123-77(118)26-15-42(58(106)62(110)48(26)47-25(79(120)127-65)13-40(95)56(104)61(47)109)124-64-27(14-41(96)57(105)63(64)111)80(121)134-82-70(132-74(115)21-7-34(89)52(100)35(90)8-21)68(130-72(113)19-3-30(85)50(98)31(86)4-19)66-44(126-82)16-122-76(117)23-11-38(93)54(102)59(107)45(23)46-24(78(119)128-66)12-39(94)55(103)60(46)108/h1-15,43-44,65-70,81-111H,16-17H2/t43-,44-,65-,66-,67?,68+,69-,70-,81?,82+/m1/s1. The maximum absolute atomic E-state index is 15.5. The molecule has 2 fully saturated rings. The minimum Gasteiger partial charge on any atom is -0.504 e. The first-order valence-corrected chi connectivity index (χ1v) is 37.0. The van der Waals surface area contributed by atoms with Crippen LogP contribution in [-0.4, -0.2) is 282 Å². The van der Waals surface area contributed by atoms with Crippen LogP contribution in [0.1, 0.15) is 104 Å². The Kier molecular flexibility index (Phi) is 23.2. The minimum absolute atomic E-state index is 0.0750. The van der Waals surface area contributed by atoms with Crippen molar-refractivity contribution in [1.82, 2.24) is 0 Å². The molecule has 0 amide bonds. The molecule has 52 heteroatoms. The number of esters is 10. The van der Waals surface area contributed by atoms with Gasteiger partial charge in [0.05, 0.1) is 50.1 Å². The maximum atomic E-state index is 15.5. The van der Waals surface area contributed by atoms with E-state index in [2.05, 4.69) is 0 Å². The van der Waals surface area contributed by atoms with E-state index in [4.69, 9.17) is 61.6 Å². The molecule has 0 spiro atoms. The van der Waals surface area contributed by atoms with Gasteiger partial charge in [-0.05, 0) is 78.9 Å². The van der Waals surface area contributed by atoms with Gasteiger partial charge in [0.25, 0.3) is 0 Å². The number of hydrogen-bond donors (Lipinski definition) is 29. The Balaban J connectivity index is 0.901. The molecule has 52 nitrogen and oxygen atoms in total. The Labute approximate surface area is 736 Å². The molecule has 0 aliphatic carbocycles. The Hall–Kier alpha value is -19.2. The fraction of sp³-hybridized carbons (Fsp3) is 0.146. The predicted molar refractivity (Wildman–Crippen MR) is 415 cm³/mol. The van der Waals surface area contributed by atoms with E-state index in [9.17, 15) is 177 Å². The molecular weight excluding hydrogens is 1820 g/mol. The van der Waals surface area contributed by atoms with Gasteiger partial charge in [0.2, 0.25) is 59.3 Å². The molecule has 4 aliphatic heterocycles. The molecule has 2 saturated heterocycles. The van der Waals surface area contributed by atoms with E-state index in [0.717, 1.165) is 0 Å². The van der Waals surface area contributed by atoms with E-state index in [1.807, 2.05) is 0 Å². The van der Waals surface area contributed by atoms with Crippen LogP contribution >= 0.6 is 0 Å². The summed E-state index contributed by atoms with van der Waals surface area (Å²) in [5.41, 5.74) is -17.7. The summed E-state index contributed by atoms with van der Waals surface area (Å²) >= 11 is 0. The second-order valence-electron chi connectivity index (χ2n) is 28.7. The molecule has 2 unspecified atom stereocenters. The minimum atomic E-state index is -3.13. The summed E-state index contributed by atoms with van der Waals surface area (Å²) in [6.07, 6.45) is -28.5. The molecule has 0 saturated carbocycles. The molecular formula is C82H58O52. The fourth-order valence-corrected chi connectivity index (χ4v) is 13.9. The van der Waals surface area contributed by atoms with Crippen molar-refractivity contribution < 1.29 is 258 Å². The predicted octanol–water partition coefficient (Wildman–Crippen LogP) is 3.73. The molecule has 698 valence electrons. The molecule has 0 aromatic heterocycles. The zero-order valence-corrected chi connectivity index (χ0v) is 65.7. The molecule has 4 aliphatic rings. The number of phenolic OH excluding ortho intramolecular Hbond substituents is 29. The van der Waals surface area contributed by atoms with Crippen LogP contribution < -0.4 is 4.74 Å². The van der Waals surface area contributed by atoms with Crippen molar-refractivity contribution in [3.05, 3.63) is 147 Å². The van der Waals surface area contributed by atoms with Crippen molar-refractivity contribution in [2.45, 2.75) is 61.4 Å². The third kappa shape index (κ3) is 16.2. The highest BCUT2D eigenvalue weighted by Gasteiger charge is 2.58. The summed E-state index contributed by atoms with van der Waals surface area (Å²) in [6, 6.07) is 4.94. The number of ether oxygens (including phenoxy) is 13. The lowest BCUT2D eigenvalue weighted by Crippen LogP contribution is -2.63. The highest BCUT2D eigenvalue weighted by atomic mass is 16.8. The van der Waals surface area contributed by atoms with Crippen LogP contribution in [0, 0.1) is 0 Å². The summed E-state index contributed by atoms with van der Waals surface area (Å²) < 4.78 is 74.3. The molecule has 134 heavy (non-hydrogen) atoms. The number of fused-ring (bicyclic) bond motifs is 8. The summed E-state index contributed by atoms with van der Waals surface area (Å²) in [4.78, 5) is 148. The number of benzene rings is 10. The second-order valence-corrected chi connectivity index (χ2v) is 28.7. The van der Waals surface area contributed by atoms with E-state index >= 15 is 19.2 Å². The monoisotopic (exact) mass is 1870 g/mol. The van der Waals surface area contributed by atoms with Gasteiger partial charge in [-0.15, -0.1) is 0 Å². The first-order valence-electron chi connectivity index (χ1n) is 37.0.